The molecule has 6 aromatic carbocycles. The molecular weight excluding hydrogens is 701 g/mol. The molecule has 8 rings (SSSR count). The summed E-state index contributed by atoms with van der Waals surface area (Å²) in [4.78, 5) is 0. The van der Waals surface area contributed by atoms with Gasteiger partial charge in [0.1, 0.15) is 5.56 Å². The van der Waals surface area contributed by atoms with Gasteiger partial charge in [-0.1, -0.05) is 102 Å². The molecule has 2 heterocycles. The Balaban J connectivity index is 1.64. The molecule has 0 bridgehead atoms. The van der Waals surface area contributed by atoms with Crippen molar-refractivity contribution in [3.8, 4) is 22.5 Å². The summed E-state index contributed by atoms with van der Waals surface area (Å²) in [7, 11) is 0. The highest BCUT2D eigenvalue weighted by Crippen LogP contribution is 2.47. The first kappa shape index (κ1) is 35.5. The van der Waals surface area contributed by atoms with Crippen molar-refractivity contribution in [3.63, 3.8) is 0 Å². The molecule has 0 aliphatic heterocycles. The Hall–Kier alpha value is -5.57. The molecule has 0 amide bonds. The predicted molar refractivity (Wildman–Crippen MR) is 203 cm³/mol. The van der Waals surface area contributed by atoms with Gasteiger partial charge >= 0.3 is 6.18 Å². The number of hydrogen-bond donors (Lipinski definition) is 0. The minimum atomic E-state index is -5.05. The van der Waals surface area contributed by atoms with Crippen LogP contribution in [-0.2, 0) is 17.0 Å². The van der Waals surface area contributed by atoms with E-state index in [1.807, 2.05) is 77.9 Å². The first-order chi connectivity index (χ1) is 25.4. The van der Waals surface area contributed by atoms with Gasteiger partial charge in [0.2, 0.25) is 0 Å². The summed E-state index contributed by atoms with van der Waals surface area (Å²) < 4.78 is 113. The van der Waals surface area contributed by atoms with Gasteiger partial charge in [0, 0.05) is 27.6 Å². The molecule has 0 fully saturated rings. The van der Waals surface area contributed by atoms with Crippen LogP contribution >= 0.6 is 0 Å². The minimum absolute atomic E-state index is 0.0854. The fraction of sp³-hybridized carbons (Fsp3) is 0.200. The molecule has 2 nitrogen and oxygen atoms in total. The largest absolute Gasteiger partial charge is 0.420 e. The maximum Gasteiger partial charge on any atom is 0.420 e. The summed E-state index contributed by atoms with van der Waals surface area (Å²) in [5.41, 5.74) is -1.10. The van der Waals surface area contributed by atoms with Crippen molar-refractivity contribution in [3.05, 3.63) is 143 Å². The van der Waals surface area contributed by atoms with Gasteiger partial charge in [0.05, 0.1) is 39.0 Å². The number of hydrogen-bond acceptors (Lipinski definition) is 0. The van der Waals surface area contributed by atoms with E-state index in [1.165, 1.54) is 9.13 Å². The molecule has 0 aliphatic rings. The van der Waals surface area contributed by atoms with Crippen LogP contribution in [0.1, 0.15) is 58.2 Å². The Labute approximate surface area is 307 Å². The van der Waals surface area contributed by atoms with Gasteiger partial charge < -0.3 is 9.13 Å². The third-order valence-corrected chi connectivity index (χ3v) is 10.3. The van der Waals surface area contributed by atoms with Gasteiger partial charge in [0.25, 0.3) is 0 Å². The van der Waals surface area contributed by atoms with Crippen LogP contribution in [0.2, 0.25) is 0 Å². The zero-order chi connectivity index (χ0) is 38.6. The lowest BCUT2D eigenvalue weighted by Gasteiger charge is -2.24. The van der Waals surface area contributed by atoms with Crippen LogP contribution in [0, 0.1) is 23.3 Å². The molecule has 0 atom stereocenters. The molecule has 8 aromatic rings. The molecule has 0 N–H and O–H groups in total. The lowest BCUT2D eigenvalue weighted by molar-refractivity contribution is -0.137. The van der Waals surface area contributed by atoms with E-state index in [1.54, 1.807) is 48.5 Å². The number of halogens is 7. The third-order valence-electron chi connectivity index (χ3n) is 10.3. The molecule has 0 aliphatic carbocycles. The Morgan fingerprint density at radius 3 is 1.22 bits per heavy atom. The standard InChI is InChI=1S/C45H35F7N2/c1-43(2,3)25-15-17-29-27-11-7-9-13-33(27)53(35(29)21-25)37-19-24(39-41(48)31(46)23-32(47)42(39)49)20-38(40(37)45(50,51)52)54-34-14-10-8-12-28(34)30-18-16-26(22-36(30)54)44(4,5)6/h7-23H,1-6H3. The number of rotatable bonds is 3. The number of benzene rings is 6. The molecule has 9 heteroatoms. The van der Waals surface area contributed by atoms with E-state index in [-0.39, 0.29) is 6.07 Å². The molecule has 0 saturated carbocycles. The highest BCUT2D eigenvalue weighted by Gasteiger charge is 2.40. The SMILES string of the molecule is CC(C)(C)c1ccc2c3ccccc3n(-c3cc(-c4c(F)c(F)cc(F)c4F)cc(-n4c5ccccc5c5ccc(C(C)(C)C)cc54)c3C(F)(F)F)c2c1. The molecular formula is C45H35F7N2. The Bertz CT molecular complexity index is 2640. The zero-order valence-corrected chi connectivity index (χ0v) is 30.4. The van der Waals surface area contributed by atoms with E-state index in [0.29, 0.717) is 43.6 Å². The Morgan fingerprint density at radius 2 is 0.833 bits per heavy atom. The van der Waals surface area contributed by atoms with Crippen molar-refractivity contribution in [2.45, 2.75) is 58.5 Å². The number of fused-ring (bicyclic) bond motifs is 6. The second-order valence-corrected chi connectivity index (χ2v) is 15.9. The highest BCUT2D eigenvalue weighted by molar-refractivity contribution is 6.11. The lowest BCUT2D eigenvalue weighted by Crippen LogP contribution is -2.17. The summed E-state index contributed by atoms with van der Waals surface area (Å²) in [5, 5.41) is 2.60. The van der Waals surface area contributed by atoms with Crippen molar-refractivity contribution in [1.82, 2.24) is 9.13 Å². The van der Waals surface area contributed by atoms with Gasteiger partial charge in [-0.3, -0.25) is 0 Å². The number of nitrogens with zero attached hydrogens (tertiary/aromatic N) is 2. The highest BCUT2D eigenvalue weighted by atomic mass is 19.4. The van der Waals surface area contributed by atoms with Gasteiger partial charge in [-0.2, -0.15) is 13.2 Å². The first-order valence-electron chi connectivity index (χ1n) is 17.5. The Morgan fingerprint density at radius 1 is 0.444 bits per heavy atom. The third kappa shape index (κ3) is 5.46. The van der Waals surface area contributed by atoms with E-state index < -0.39 is 68.3 Å². The van der Waals surface area contributed by atoms with E-state index in [4.69, 9.17) is 0 Å². The van der Waals surface area contributed by atoms with Crippen molar-refractivity contribution < 1.29 is 30.7 Å². The molecule has 0 unspecified atom stereocenters. The monoisotopic (exact) mass is 736 g/mol. The Kier molecular flexibility index (Phi) is 7.86. The first-order valence-corrected chi connectivity index (χ1v) is 17.5. The molecule has 54 heavy (non-hydrogen) atoms. The summed E-state index contributed by atoms with van der Waals surface area (Å²) in [6, 6.07) is 27.2. The van der Waals surface area contributed by atoms with E-state index in [2.05, 4.69) is 0 Å². The summed E-state index contributed by atoms with van der Waals surface area (Å²) in [6.07, 6.45) is -5.05. The average molecular weight is 737 g/mol. The average Bonchev–Trinajstić information content (AvgIpc) is 3.61. The maximum absolute atomic E-state index is 16.2. The van der Waals surface area contributed by atoms with E-state index in [0.717, 1.165) is 23.3 Å². The molecule has 2 aromatic heterocycles. The second kappa shape index (κ2) is 12.0. The summed E-state index contributed by atoms with van der Waals surface area (Å²) in [5.74, 6) is -6.80. The number of aromatic nitrogens is 2. The minimum Gasteiger partial charge on any atom is -0.309 e. The van der Waals surface area contributed by atoms with Crippen LogP contribution in [0.5, 0.6) is 0 Å². The zero-order valence-electron chi connectivity index (χ0n) is 30.4. The lowest BCUT2D eigenvalue weighted by atomic mass is 9.86. The van der Waals surface area contributed by atoms with E-state index in [9.17, 15) is 8.78 Å². The van der Waals surface area contributed by atoms with Crippen molar-refractivity contribution in [1.29, 1.82) is 0 Å². The van der Waals surface area contributed by atoms with Crippen molar-refractivity contribution >= 4 is 43.6 Å². The molecule has 0 spiro atoms. The fourth-order valence-corrected chi connectivity index (χ4v) is 7.62. The number of alkyl halides is 3. The fourth-order valence-electron chi connectivity index (χ4n) is 7.62. The number of para-hydroxylation sites is 2. The predicted octanol–water partition coefficient (Wildman–Crippen LogP) is 13.7. The van der Waals surface area contributed by atoms with Gasteiger partial charge in [-0.25, -0.2) is 17.6 Å². The van der Waals surface area contributed by atoms with Crippen LogP contribution in [0.15, 0.2) is 103 Å². The van der Waals surface area contributed by atoms with Gasteiger partial charge in [-0.15, -0.1) is 0 Å². The quantitative estimate of drug-likeness (QED) is 0.126. The summed E-state index contributed by atoms with van der Waals surface area (Å²) in [6.45, 7) is 11.9. The molecule has 0 radical (unpaired) electrons. The van der Waals surface area contributed by atoms with Crippen molar-refractivity contribution in [2.24, 2.45) is 0 Å². The van der Waals surface area contributed by atoms with Crippen LogP contribution in [0.25, 0.3) is 66.1 Å². The van der Waals surface area contributed by atoms with Crippen molar-refractivity contribution in [2.75, 3.05) is 0 Å². The van der Waals surface area contributed by atoms with Gasteiger partial charge in [-0.05, 0) is 63.9 Å². The molecule has 0 saturated heterocycles. The van der Waals surface area contributed by atoms with Crippen LogP contribution < -0.4 is 0 Å². The normalized spacial score (nSPS) is 12.9. The molecule has 274 valence electrons. The maximum atomic E-state index is 16.2. The van der Waals surface area contributed by atoms with Crippen LogP contribution in [0.4, 0.5) is 30.7 Å². The van der Waals surface area contributed by atoms with Gasteiger partial charge in [0.15, 0.2) is 23.3 Å². The van der Waals surface area contributed by atoms with Crippen LogP contribution in [0.3, 0.4) is 0 Å². The van der Waals surface area contributed by atoms with E-state index >= 15 is 22.0 Å². The second-order valence-electron chi connectivity index (χ2n) is 15.9. The smallest absolute Gasteiger partial charge is 0.309 e. The summed E-state index contributed by atoms with van der Waals surface area (Å²) >= 11 is 0. The topological polar surface area (TPSA) is 9.86 Å². The van der Waals surface area contributed by atoms with Crippen LogP contribution in [-0.4, -0.2) is 9.13 Å².